The van der Waals surface area contributed by atoms with Gasteiger partial charge in [-0.15, -0.1) is 0 Å². The van der Waals surface area contributed by atoms with Crippen molar-refractivity contribution in [1.82, 2.24) is 4.90 Å². The van der Waals surface area contributed by atoms with Crippen molar-refractivity contribution in [2.45, 2.75) is 19.4 Å². The first-order valence-corrected chi connectivity index (χ1v) is 9.59. The standard InChI is InChI=1S/C21H22ClN3O2/c1-15-4-2-7-18(12-15)25-20(26)14-19(21(25)27)24-10-8-23(9-11-24)17-6-3-5-16(22)13-17/h2-7,12-13,19H,8-11,14H2,1H3. The van der Waals surface area contributed by atoms with Gasteiger partial charge >= 0.3 is 0 Å². The third-order valence-electron chi connectivity index (χ3n) is 5.31. The molecule has 5 nitrogen and oxygen atoms in total. The summed E-state index contributed by atoms with van der Waals surface area (Å²) < 4.78 is 0. The van der Waals surface area contributed by atoms with E-state index in [4.69, 9.17) is 11.6 Å². The lowest BCUT2D eigenvalue weighted by atomic mass is 10.1. The molecule has 0 aliphatic carbocycles. The summed E-state index contributed by atoms with van der Waals surface area (Å²) in [6, 6.07) is 15.0. The van der Waals surface area contributed by atoms with Crippen LogP contribution in [0, 0.1) is 6.92 Å². The van der Waals surface area contributed by atoms with Gasteiger partial charge in [0, 0.05) is 36.9 Å². The van der Waals surface area contributed by atoms with Crippen molar-refractivity contribution in [3.8, 4) is 0 Å². The fourth-order valence-electron chi connectivity index (χ4n) is 3.90. The number of benzene rings is 2. The van der Waals surface area contributed by atoms with Crippen LogP contribution in [0.25, 0.3) is 0 Å². The van der Waals surface area contributed by atoms with E-state index in [0.29, 0.717) is 5.69 Å². The lowest BCUT2D eigenvalue weighted by Gasteiger charge is -2.38. The number of hydrogen-bond donors (Lipinski definition) is 0. The molecule has 0 radical (unpaired) electrons. The first-order chi connectivity index (χ1) is 13.0. The van der Waals surface area contributed by atoms with Crippen LogP contribution < -0.4 is 9.80 Å². The summed E-state index contributed by atoms with van der Waals surface area (Å²) in [6.45, 7) is 5.07. The average molecular weight is 384 g/mol. The number of halogens is 1. The van der Waals surface area contributed by atoms with Crippen molar-refractivity contribution >= 4 is 34.8 Å². The molecule has 2 aromatic carbocycles. The Morgan fingerprint density at radius 2 is 1.63 bits per heavy atom. The molecule has 2 aromatic rings. The Balaban J connectivity index is 1.44. The van der Waals surface area contributed by atoms with Gasteiger partial charge in [-0.3, -0.25) is 14.5 Å². The SMILES string of the molecule is Cc1cccc(N2C(=O)CC(N3CCN(c4cccc(Cl)c4)CC3)C2=O)c1. The summed E-state index contributed by atoms with van der Waals surface area (Å²) in [5.74, 6) is -0.227. The zero-order valence-electron chi connectivity index (χ0n) is 15.3. The molecule has 0 saturated carbocycles. The van der Waals surface area contributed by atoms with Gasteiger partial charge < -0.3 is 4.90 Å². The number of hydrogen-bond acceptors (Lipinski definition) is 4. The molecule has 6 heteroatoms. The van der Waals surface area contributed by atoms with Crippen LogP contribution >= 0.6 is 11.6 Å². The molecule has 1 unspecified atom stereocenters. The highest BCUT2D eigenvalue weighted by molar-refractivity contribution is 6.30. The van der Waals surface area contributed by atoms with Gasteiger partial charge in [-0.1, -0.05) is 29.8 Å². The molecular weight excluding hydrogens is 362 g/mol. The highest BCUT2D eigenvalue weighted by atomic mass is 35.5. The Hall–Kier alpha value is -2.37. The Morgan fingerprint density at radius 3 is 2.33 bits per heavy atom. The minimum atomic E-state index is -0.362. The number of carbonyl (C=O) groups excluding carboxylic acids is 2. The van der Waals surface area contributed by atoms with Crippen LogP contribution in [0.5, 0.6) is 0 Å². The number of amides is 2. The lowest BCUT2D eigenvalue weighted by Crippen LogP contribution is -2.52. The van der Waals surface area contributed by atoms with Crippen molar-refractivity contribution in [2.75, 3.05) is 36.0 Å². The molecule has 2 amide bonds. The summed E-state index contributed by atoms with van der Waals surface area (Å²) >= 11 is 6.09. The quantitative estimate of drug-likeness (QED) is 0.764. The molecule has 0 N–H and O–H groups in total. The molecular formula is C21H22ClN3O2. The summed E-state index contributed by atoms with van der Waals surface area (Å²) in [5.41, 5.74) is 2.80. The first kappa shape index (κ1) is 18.0. The number of anilines is 2. The van der Waals surface area contributed by atoms with Gasteiger partial charge in [-0.2, -0.15) is 0 Å². The molecule has 140 valence electrons. The highest BCUT2D eigenvalue weighted by Gasteiger charge is 2.43. The number of carbonyl (C=O) groups is 2. The number of imide groups is 1. The van der Waals surface area contributed by atoms with Gasteiger partial charge in [0.2, 0.25) is 5.91 Å². The van der Waals surface area contributed by atoms with E-state index < -0.39 is 0 Å². The van der Waals surface area contributed by atoms with Gasteiger partial charge in [0.05, 0.1) is 18.2 Å². The second-order valence-corrected chi connectivity index (χ2v) is 7.57. The van der Waals surface area contributed by atoms with Gasteiger partial charge in [0.15, 0.2) is 0 Å². The number of rotatable bonds is 3. The maximum Gasteiger partial charge on any atom is 0.251 e. The molecule has 2 aliphatic heterocycles. The molecule has 0 spiro atoms. The van der Waals surface area contributed by atoms with Crippen molar-refractivity contribution < 1.29 is 9.59 Å². The summed E-state index contributed by atoms with van der Waals surface area (Å²) in [6.07, 6.45) is 0.254. The van der Waals surface area contributed by atoms with Gasteiger partial charge in [0.1, 0.15) is 0 Å². The van der Waals surface area contributed by atoms with Crippen molar-refractivity contribution in [1.29, 1.82) is 0 Å². The molecule has 2 fully saturated rings. The van der Waals surface area contributed by atoms with E-state index >= 15 is 0 Å². The van der Waals surface area contributed by atoms with Crippen LogP contribution in [0.1, 0.15) is 12.0 Å². The third kappa shape index (κ3) is 3.57. The van der Waals surface area contributed by atoms with Crippen molar-refractivity contribution in [2.24, 2.45) is 0 Å². The normalized spacial score (nSPS) is 21.2. The maximum absolute atomic E-state index is 13.0. The van der Waals surface area contributed by atoms with Gasteiger partial charge in [-0.25, -0.2) is 4.90 Å². The zero-order chi connectivity index (χ0) is 19.0. The smallest absolute Gasteiger partial charge is 0.251 e. The molecule has 2 saturated heterocycles. The monoisotopic (exact) mass is 383 g/mol. The summed E-state index contributed by atoms with van der Waals surface area (Å²) in [4.78, 5) is 31.2. The van der Waals surface area contributed by atoms with Crippen LogP contribution in [0.3, 0.4) is 0 Å². The Morgan fingerprint density at radius 1 is 0.926 bits per heavy atom. The van der Waals surface area contributed by atoms with Gasteiger partial charge in [-0.05, 0) is 42.8 Å². The first-order valence-electron chi connectivity index (χ1n) is 9.21. The highest BCUT2D eigenvalue weighted by Crippen LogP contribution is 2.28. The average Bonchev–Trinajstić information content (AvgIpc) is 2.96. The van der Waals surface area contributed by atoms with Gasteiger partial charge in [0.25, 0.3) is 5.91 Å². The van der Waals surface area contributed by atoms with E-state index in [2.05, 4.69) is 9.80 Å². The third-order valence-corrected chi connectivity index (χ3v) is 5.55. The Labute approximate surface area is 164 Å². The topological polar surface area (TPSA) is 43.9 Å². The van der Waals surface area contributed by atoms with Crippen molar-refractivity contribution in [3.63, 3.8) is 0 Å². The maximum atomic E-state index is 13.0. The number of nitrogens with zero attached hydrogens (tertiary/aromatic N) is 3. The van der Waals surface area contributed by atoms with Crippen molar-refractivity contribution in [3.05, 3.63) is 59.1 Å². The molecule has 0 bridgehead atoms. The largest absolute Gasteiger partial charge is 0.369 e. The van der Waals surface area contributed by atoms with E-state index in [1.807, 2.05) is 55.5 Å². The predicted octanol–water partition coefficient (Wildman–Crippen LogP) is 3.10. The minimum Gasteiger partial charge on any atom is -0.369 e. The molecule has 4 rings (SSSR count). The van der Waals surface area contributed by atoms with Crippen LogP contribution in [-0.2, 0) is 9.59 Å². The molecule has 1 atom stereocenters. The van der Waals surface area contributed by atoms with Crippen LogP contribution in [-0.4, -0.2) is 48.9 Å². The second-order valence-electron chi connectivity index (χ2n) is 7.13. The Kier molecular flexibility index (Phi) is 4.89. The Bertz CT molecular complexity index is 877. The molecule has 0 aromatic heterocycles. The second kappa shape index (κ2) is 7.33. The van der Waals surface area contributed by atoms with Crippen LogP contribution in [0.2, 0.25) is 5.02 Å². The molecule has 2 aliphatic rings. The van der Waals surface area contributed by atoms with E-state index in [1.54, 1.807) is 0 Å². The fraction of sp³-hybridized carbons (Fsp3) is 0.333. The van der Waals surface area contributed by atoms with Crippen LogP contribution in [0.4, 0.5) is 11.4 Å². The van der Waals surface area contributed by atoms with E-state index in [0.717, 1.165) is 42.5 Å². The fourth-order valence-corrected chi connectivity index (χ4v) is 4.09. The van der Waals surface area contributed by atoms with E-state index in [9.17, 15) is 9.59 Å². The summed E-state index contributed by atoms with van der Waals surface area (Å²) in [7, 11) is 0. The number of aryl methyl sites for hydroxylation is 1. The molecule has 2 heterocycles. The lowest BCUT2D eigenvalue weighted by molar-refractivity contribution is -0.123. The van der Waals surface area contributed by atoms with E-state index in [-0.39, 0.29) is 24.3 Å². The predicted molar refractivity (Wildman–Crippen MR) is 107 cm³/mol. The minimum absolute atomic E-state index is 0.109. The zero-order valence-corrected chi connectivity index (χ0v) is 16.0. The number of piperazine rings is 1. The van der Waals surface area contributed by atoms with Crippen LogP contribution in [0.15, 0.2) is 48.5 Å². The summed E-state index contributed by atoms with van der Waals surface area (Å²) in [5, 5.41) is 0.722. The van der Waals surface area contributed by atoms with E-state index in [1.165, 1.54) is 4.90 Å². The molecule has 27 heavy (non-hydrogen) atoms.